The van der Waals surface area contributed by atoms with Crippen LogP contribution >= 0.6 is 11.3 Å². The van der Waals surface area contributed by atoms with Gasteiger partial charge in [0, 0.05) is 42.3 Å². The van der Waals surface area contributed by atoms with Gasteiger partial charge in [-0.05, 0) is 50.9 Å². The molecular weight excluding hydrogens is 399 g/mol. The van der Waals surface area contributed by atoms with E-state index in [-0.39, 0.29) is 5.82 Å². The number of anilines is 1. The van der Waals surface area contributed by atoms with Gasteiger partial charge >= 0.3 is 0 Å². The highest BCUT2D eigenvalue weighted by atomic mass is 32.1. The lowest BCUT2D eigenvalue weighted by atomic mass is 9.98. The van der Waals surface area contributed by atoms with Crippen LogP contribution in [0.15, 0.2) is 30.6 Å². The molecule has 5 heterocycles. The zero-order valence-corrected chi connectivity index (χ0v) is 17.8. The van der Waals surface area contributed by atoms with Gasteiger partial charge in [0.15, 0.2) is 10.9 Å². The summed E-state index contributed by atoms with van der Waals surface area (Å²) in [4.78, 5) is 11.8. The normalized spacial score (nSPS) is 24.2. The van der Waals surface area contributed by atoms with Gasteiger partial charge in [0.2, 0.25) is 0 Å². The molecule has 1 aromatic carbocycles. The molecule has 0 spiro atoms. The number of rotatable bonds is 3. The molecule has 6 rings (SSSR count). The van der Waals surface area contributed by atoms with Gasteiger partial charge in [-0.25, -0.2) is 9.37 Å². The maximum Gasteiger partial charge on any atom is 0.184 e. The Morgan fingerprint density at radius 1 is 1.13 bits per heavy atom. The smallest absolute Gasteiger partial charge is 0.184 e. The molecule has 3 atom stereocenters. The molecule has 0 aliphatic carbocycles. The van der Waals surface area contributed by atoms with E-state index in [2.05, 4.69) is 27.3 Å². The summed E-state index contributed by atoms with van der Waals surface area (Å²) in [6.45, 7) is 0. The van der Waals surface area contributed by atoms with Gasteiger partial charge in [-0.1, -0.05) is 11.3 Å². The van der Waals surface area contributed by atoms with E-state index in [1.807, 2.05) is 18.3 Å². The molecule has 0 saturated carbocycles. The summed E-state index contributed by atoms with van der Waals surface area (Å²) in [6, 6.07) is 7.33. The number of nitrogens with one attached hydrogen (secondary N) is 1. The Kier molecular flexibility index (Phi) is 4.08. The Morgan fingerprint density at radius 3 is 2.73 bits per heavy atom. The summed E-state index contributed by atoms with van der Waals surface area (Å²) in [5, 5.41) is 9.57. The number of fused-ring (bicyclic) bond motifs is 4. The number of hydrogen-bond donors (Lipinski definition) is 1. The zero-order valence-electron chi connectivity index (χ0n) is 17.0. The standard InChI is InChI=1S/C22H23FN6S/c1-28-11-13-5-12(6-17(23)21(13)27-28)18-9-20-19(10-24-18)26-22(30-20)25-14-7-15-3-4-16(8-14)29(15)2/h5-6,9-11,14-16H,3-4,7-8H2,1-2H3,(H,25,26)/t14?,15-,16+. The average Bonchev–Trinajstić information content (AvgIpc) is 3.34. The first-order valence-corrected chi connectivity index (χ1v) is 11.2. The molecule has 2 fully saturated rings. The molecule has 6 nitrogen and oxygen atoms in total. The molecule has 2 bridgehead atoms. The van der Waals surface area contributed by atoms with Gasteiger partial charge in [0.1, 0.15) is 11.0 Å². The van der Waals surface area contributed by atoms with Crippen LogP contribution in [0.4, 0.5) is 9.52 Å². The number of halogens is 1. The molecule has 3 aromatic heterocycles. The molecule has 2 aliphatic heterocycles. The number of hydrogen-bond acceptors (Lipinski definition) is 6. The van der Waals surface area contributed by atoms with Gasteiger partial charge in [-0.3, -0.25) is 9.67 Å². The third-order valence-corrected chi connectivity index (χ3v) is 7.62. The van der Waals surface area contributed by atoms with Crippen LogP contribution < -0.4 is 5.32 Å². The van der Waals surface area contributed by atoms with Gasteiger partial charge in [-0.15, -0.1) is 0 Å². The molecule has 154 valence electrons. The number of aryl methyl sites for hydroxylation is 1. The molecule has 2 saturated heterocycles. The van der Waals surface area contributed by atoms with Crippen molar-refractivity contribution in [3.63, 3.8) is 0 Å². The van der Waals surface area contributed by atoms with Crippen LogP contribution in [0.2, 0.25) is 0 Å². The molecule has 0 radical (unpaired) electrons. The minimum Gasteiger partial charge on any atom is -0.359 e. The maximum absolute atomic E-state index is 14.5. The summed E-state index contributed by atoms with van der Waals surface area (Å²) >= 11 is 1.65. The van der Waals surface area contributed by atoms with Crippen molar-refractivity contribution in [1.29, 1.82) is 0 Å². The van der Waals surface area contributed by atoms with Gasteiger partial charge < -0.3 is 10.2 Å². The molecule has 2 aliphatic rings. The number of piperidine rings is 1. The van der Waals surface area contributed by atoms with Gasteiger partial charge in [0.05, 0.1) is 16.6 Å². The summed E-state index contributed by atoms with van der Waals surface area (Å²) < 4.78 is 17.2. The monoisotopic (exact) mass is 422 g/mol. The van der Waals surface area contributed by atoms with Crippen LogP contribution in [0, 0.1) is 5.82 Å². The van der Waals surface area contributed by atoms with Crippen molar-refractivity contribution in [3.05, 3.63) is 36.4 Å². The van der Waals surface area contributed by atoms with Crippen LogP contribution in [0.5, 0.6) is 0 Å². The maximum atomic E-state index is 14.5. The minimum absolute atomic E-state index is 0.325. The van der Waals surface area contributed by atoms with E-state index in [1.165, 1.54) is 31.7 Å². The summed E-state index contributed by atoms with van der Waals surface area (Å²) in [5.74, 6) is -0.325. The van der Waals surface area contributed by atoms with Crippen LogP contribution in [0.3, 0.4) is 0 Å². The summed E-state index contributed by atoms with van der Waals surface area (Å²) in [7, 11) is 4.06. The van der Waals surface area contributed by atoms with Crippen molar-refractivity contribution in [3.8, 4) is 11.3 Å². The third kappa shape index (κ3) is 2.97. The Balaban J connectivity index is 1.29. The SMILES string of the molecule is CN1[C@@H]2CC[C@H]1CC(Nc1nc3cnc(-c4cc(F)c5nn(C)cc5c4)cc3s1)C2. The quantitative estimate of drug-likeness (QED) is 0.530. The lowest BCUT2D eigenvalue weighted by Gasteiger charge is -2.36. The topological polar surface area (TPSA) is 58.9 Å². The van der Waals surface area contributed by atoms with E-state index in [0.717, 1.165) is 32.0 Å². The number of thiazole rings is 1. The van der Waals surface area contributed by atoms with Crippen molar-refractivity contribution in [2.45, 2.75) is 43.8 Å². The summed E-state index contributed by atoms with van der Waals surface area (Å²) in [5.41, 5.74) is 2.77. The fourth-order valence-corrected chi connectivity index (χ4v) is 6.07. The number of benzene rings is 1. The first-order valence-electron chi connectivity index (χ1n) is 10.4. The van der Waals surface area contributed by atoms with Crippen molar-refractivity contribution < 1.29 is 4.39 Å². The van der Waals surface area contributed by atoms with Crippen LogP contribution in [-0.2, 0) is 7.05 Å². The van der Waals surface area contributed by atoms with E-state index in [4.69, 9.17) is 4.98 Å². The Labute approximate surface area is 177 Å². The average molecular weight is 423 g/mol. The number of nitrogens with zero attached hydrogens (tertiary/aromatic N) is 5. The fraction of sp³-hybridized carbons (Fsp3) is 0.409. The van der Waals surface area contributed by atoms with E-state index >= 15 is 0 Å². The van der Waals surface area contributed by atoms with Crippen LogP contribution in [0.1, 0.15) is 25.7 Å². The minimum atomic E-state index is -0.325. The molecule has 4 aromatic rings. The van der Waals surface area contributed by atoms with Crippen molar-refractivity contribution >= 4 is 37.6 Å². The molecule has 0 amide bonds. The predicted octanol–water partition coefficient (Wildman–Crippen LogP) is 4.42. The molecule has 8 heteroatoms. The predicted molar refractivity (Wildman–Crippen MR) is 118 cm³/mol. The van der Waals surface area contributed by atoms with E-state index in [1.54, 1.807) is 29.3 Å². The Morgan fingerprint density at radius 2 is 1.93 bits per heavy atom. The third-order valence-electron chi connectivity index (χ3n) is 6.67. The van der Waals surface area contributed by atoms with Crippen LogP contribution in [-0.4, -0.2) is 49.8 Å². The van der Waals surface area contributed by atoms with Crippen molar-refractivity contribution in [2.75, 3.05) is 12.4 Å². The molecule has 30 heavy (non-hydrogen) atoms. The van der Waals surface area contributed by atoms with Gasteiger partial charge in [0.25, 0.3) is 0 Å². The second-order valence-corrected chi connectivity index (χ2v) is 9.65. The second kappa shape index (κ2) is 6.72. The highest BCUT2D eigenvalue weighted by molar-refractivity contribution is 7.22. The van der Waals surface area contributed by atoms with Crippen molar-refractivity contribution in [2.24, 2.45) is 7.05 Å². The largest absolute Gasteiger partial charge is 0.359 e. The lowest BCUT2D eigenvalue weighted by molar-refractivity contribution is 0.169. The van der Waals surface area contributed by atoms with Crippen molar-refractivity contribution in [1.82, 2.24) is 24.6 Å². The Hall–Kier alpha value is -2.58. The highest BCUT2D eigenvalue weighted by Crippen LogP contribution is 2.37. The first-order chi connectivity index (χ1) is 14.5. The number of pyridine rings is 1. The van der Waals surface area contributed by atoms with Crippen LogP contribution in [0.25, 0.3) is 32.4 Å². The molecule has 1 N–H and O–H groups in total. The molecule has 1 unspecified atom stereocenters. The first kappa shape index (κ1) is 18.2. The highest BCUT2D eigenvalue weighted by Gasteiger charge is 2.38. The summed E-state index contributed by atoms with van der Waals surface area (Å²) in [6.07, 6.45) is 8.59. The second-order valence-electron chi connectivity index (χ2n) is 8.62. The Bertz CT molecular complexity index is 1250. The zero-order chi connectivity index (χ0) is 20.4. The number of aromatic nitrogens is 4. The fourth-order valence-electron chi connectivity index (χ4n) is 5.12. The molecular formula is C22H23FN6S. The van der Waals surface area contributed by atoms with Gasteiger partial charge in [-0.2, -0.15) is 5.10 Å². The lowest BCUT2D eigenvalue weighted by Crippen LogP contribution is -2.44. The van der Waals surface area contributed by atoms with E-state index in [0.29, 0.717) is 23.6 Å². The van der Waals surface area contributed by atoms with E-state index < -0.39 is 0 Å². The van der Waals surface area contributed by atoms with E-state index in [9.17, 15) is 4.39 Å².